The molecule has 0 saturated carbocycles. The van der Waals surface area contributed by atoms with Crippen LogP contribution in [0.25, 0.3) is 0 Å². The molecule has 97 valence electrons. The molecule has 0 aromatic rings. The molecule has 1 amide bonds. The number of aliphatic hydroxyl groups is 1. The Hall–Kier alpha value is -0.745. The monoisotopic (exact) mass is 242 g/mol. The van der Waals surface area contributed by atoms with E-state index in [4.69, 9.17) is 9.39 Å². The smallest absolute Gasteiger partial charge is 0.410 e. The lowest BCUT2D eigenvalue weighted by atomic mass is 9.87. The number of ether oxygens (including phenoxy) is 1. The summed E-state index contributed by atoms with van der Waals surface area (Å²) in [5.74, 6) is 0. The van der Waals surface area contributed by atoms with Gasteiger partial charge in [0.05, 0.1) is 12.1 Å². The second kappa shape index (κ2) is 5.73. The van der Waals surface area contributed by atoms with Gasteiger partial charge in [0.2, 0.25) is 0 Å². The van der Waals surface area contributed by atoms with E-state index in [0.717, 1.165) is 0 Å². The number of carbonyl (C=O) groups excluding carboxylic acids is 1. The molecule has 0 aromatic heterocycles. The predicted molar refractivity (Wildman–Crippen MR) is 64.9 cm³/mol. The van der Waals surface area contributed by atoms with Crippen LogP contribution in [0.5, 0.6) is 0 Å². The van der Waals surface area contributed by atoms with Crippen LogP contribution >= 0.6 is 0 Å². The van der Waals surface area contributed by atoms with Gasteiger partial charge in [-0.1, -0.05) is 0 Å². The van der Waals surface area contributed by atoms with Crippen LogP contribution in [0.3, 0.4) is 0 Å². The lowest BCUT2D eigenvalue weighted by Crippen LogP contribution is -2.43. The first-order chi connectivity index (χ1) is 7.85. The first-order valence-corrected chi connectivity index (χ1v) is 5.87. The van der Waals surface area contributed by atoms with E-state index < -0.39 is 11.7 Å². The molecule has 1 aliphatic rings. The summed E-state index contributed by atoms with van der Waals surface area (Å²) in [7, 11) is 3.15. The van der Waals surface area contributed by atoms with E-state index in [0.29, 0.717) is 19.3 Å². The van der Waals surface area contributed by atoms with Gasteiger partial charge in [-0.05, 0) is 33.5 Å². The number of rotatable bonds is 3. The van der Waals surface area contributed by atoms with Gasteiger partial charge < -0.3 is 19.4 Å². The third kappa shape index (κ3) is 4.20. The van der Waals surface area contributed by atoms with Gasteiger partial charge in [-0.15, -0.1) is 0 Å². The third-order valence-electron chi connectivity index (χ3n) is 2.64. The minimum Gasteiger partial charge on any atom is -0.444 e. The van der Waals surface area contributed by atoms with Crippen molar-refractivity contribution in [1.29, 1.82) is 0 Å². The van der Waals surface area contributed by atoms with Crippen molar-refractivity contribution in [2.24, 2.45) is 0 Å². The number of amides is 1. The van der Waals surface area contributed by atoms with Crippen molar-refractivity contribution < 1.29 is 19.3 Å². The van der Waals surface area contributed by atoms with Gasteiger partial charge in [0.15, 0.2) is 0 Å². The Bertz CT molecular complexity index is 267. The molecule has 1 fully saturated rings. The van der Waals surface area contributed by atoms with Gasteiger partial charge in [0.25, 0.3) is 7.48 Å². The number of carbonyl (C=O) groups is 1. The van der Waals surface area contributed by atoms with Crippen molar-refractivity contribution in [3.05, 3.63) is 0 Å². The molecule has 0 spiro atoms. The van der Waals surface area contributed by atoms with E-state index in [1.807, 2.05) is 20.8 Å². The molecule has 1 saturated heterocycles. The molecule has 1 rings (SSSR count). The normalized spacial score (nSPS) is 24.9. The first-order valence-electron chi connectivity index (χ1n) is 5.87. The van der Waals surface area contributed by atoms with Crippen LogP contribution < -0.4 is 0 Å². The minimum atomic E-state index is -0.514. The molecule has 17 heavy (non-hydrogen) atoms. The minimum absolute atomic E-state index is 0.246. The largest absolute Gasteiger partial charge is 0.444 e. The quantitative estimate of drug-likeness (QED) is 0.751. The Labute approximate surface area is 103 Å². The standard InChI is InChI=1S/C11H21BNO4/c1-11(2,3)17-10(15)13-6-5-9(14)8(13)7-12-16-4/h8-9,14H,5-7H2,1-4H3/t8?,9-/m1/s1. The van der Waals surface area contributed by atoms with Crippen LogP contribution in [-0.4, -0.2) is 55.0 Å². The number of hydrogen-bond donors (Lipinski definition) is 1. The molecule has 1 aliphatic heterocycles. The summed E-state index contributed by atoms with van der Waals surface area (Å²) in [6.45, 7) is 6.01. The number of aliphatic hydroxyl groups excluding tert-OH is 1. The summed E-state index contributed by atoms with van der Waals surface area (Å²) in [4.78, 5) is 13.5. The number of likely N-dealkylation sites (tertiary alicyclic amines) is 1. The number of hydrogen-bond acceptors (Lipinski definition) is 4. The van der Waals surface area contributed by atoms with Crippen LogP contribution in [0.1, 0.15) is 27.2 Å². The van der Waals surface area contributed by atoms with Crippen molar-refractivity contribution in [3.63, 3.8) is 0 Å². The molecule has 2 atom stereocenters. The van der Waals surface area contributed by atoms with Gasteiger partial charge in [-0.25, -0.2) is 4.79 Å². The average Bonchev–Trinajstić information content (AvgIpc) is 2.54. The van der Waals surface area contributed by atoms with Gasteiger partial charge in [-0.2, -0.15) is 0 Å². The Morgan fingerprint density at radius 1 is 1.53 bits per heavy atom. The van der Waals surface area contributed by atoms with Crippen molar-refractivity contribution >= 4 is 13.6 Å². The average molecular weight is 242 g/mol. The molecule has 1 radical (unpaired) electrons. The van der Waals surface area contributed by atoms with E-state index in [-0.39, 0.29) is 12.1 Å². The summed E-state index contributed by atoms with van der Waals surface area (Å²) in [5.41, 5.74) is -0.514. The van der Waals surface area contributed by atoms with Gasteiger partial charge >= 0.3 is 6.09 Å². The highest BCUT2D eigenvalue weighted by molar-refractivity contribution is 6.27. The Morgan fingerprint density at radius 3 is 2.71 bits per heavy atom. The van der Waals surface area contributed by atoms with Crippen molar-refractivity contribution in [2.45, 2.75) is 51.3 Å². The summed E-state index contributed by atoms with van der Waals surface area (Å²) in [6, 6.07) is -0.246. The van der Waals surface area contributed by atoms with E-state index in [1.54, 1.807) is 19.5 Å². The van der Waals surface area contributed by atoms with Gasteiger partial charge in [0.1, 0.15) is 5.60 Å². The summed E-state index contributed by atoms with van der Waals surface area (Å²) < 4.78 is 10.2. The zero-order chi connectivity index (χ0) is 13.1. The maximum absolute atomic E-state index is 11.9. The molecule has 6 heteroatoms. The van der Waals surface area contributed by atoms with Crippen LogP contribution in [0, 0.1) is 0 Å². The third-order valence-corrected chi connectivity index (χ3v) is 2.64. The lowest BCUT2D eigenvalue weighted by molar-refractivity contribution is 0.0176. The molecule has 1 N–H and O–H groups in total. The zero-order valence-electron chi connectivity index (χ0n) is 11.0. The van der Waals surface area contributed by atoms with E-state index >= 15 is 0 Å². The topological polar surface area (TPSA) is 59.0 Å². The highest BCUT2D eigenvalue weighted by Gasteiger charge is 2.37. The van der Waals surface area contributed by atoms with Crippen LogP contribution in [-0.2, 0) is 9.39 Å². The van der Waals surface area contributed by atoms with Crippen molar-refractivity contribution in [3.8, 4) is 0 Å². The Balaban J connectivity index is 2.59. The second-order valence-electron chi connectivity index (χ2n) is 5.24. The van der Waals surface area contributed by atoms with Gasteiger partial charge in [0, 0.05) is 13.7 Å². The molecule has 1 heterocycles. The molecule has 0 bridgehead atoms. The Morgan fingerprint density at radius 2 is 2.18 bits per heavy atom. The predicted octanol–water partition coefficient (Wildman–Crippen LogP) is 1.04. The second-order valence-corrected chi connectivity index (χ2v) is 5.24. The molecule has 1 unspecified atom stereocenters. The van der Waals surface area contributed by atoms with Crippen LogP contribution in [0.4, 0.5) is 4.79 Å². The molecular formula is C11H21BNO4. The lowest BCUT2D eigenvalue weighted by Gasteiger charge is -2.29. The summed E-state index contributed by atoms with van der Waals surface area (Å²) in [6.07, 6.45) is 0.218. The fourth-order valence-corrected chi connectivity index (χ4v) is 1.86. The van der Waals surface area contributed by atoms with E-state index in [2.05, 4.69) is 0 Å². The fourth-order valence-electron chi connectivity index (χ4n) is 1.86. The van der Waals surface area contributed by atoms with Crippen molar-refractivity contribution in [2.75, 3.05) is 13.7 Å². The molecular weight excluding hydrogens is 221 g/mol. The van der Waals surface area contributed by atoms with Gasteiger partial charge in [-0.3, -0.25) is 0 Å². The molecule has 5 nitrogen and oxygen atoms in total. The van der Waals surface area contributed by atoms with E-state index in [9.17, 15) is 9.90 Å². The highest BCUT2D eigenvalue weighted by atomic mass is 16.6. The maximum atomic E-state index is 11.9. The Kier molecular flexibility index (Phi) is 4.83. The highest BCUT2D eigenvalue weighted by Crippen LogP contribution is 2.23. The fraction of sp³-hybridized carbons (Fsp3) is 0.909. The van der Waals surface area contributed by atoms with Crippen LogP contribution in [0.15, 0.2) is 0 Å². The maximum Gasteiger partial charge on any atom is 0.410 e. The van der Waals surface area contributed by atoms with Crippen molar-refractivity contribution in [1.82, 2.24) is 4.90 Å². The van der Waals surface area contributed by atoms with Crippen LogP contribution in [0.2, 0.25) is 6.32 Å². The summed E-state index contributed by atoms with van der Waals surface area (Å²) in [5, 5.41) is 9.81. The molecule has 0 aromatic carbocycles. The van der Waals surface area contributed by atoms with E-state index in [1.165, 1.54) is 0 Å². The first kappa shape index (κ1) is 14.3. The summed E-state index contributed by atoms with van der Waals surface area (Å²) >= 11 is 0. The SMILES string of the molecule is CO[B]CC1[C@H](O)CCN1C(=O)OC(C)(C)C. The zero-order valence-corrected chi connectivity index (χ0v) is 11.0. The molecule has 0 aliphatic carbocycles. The number of nitrogens with zero attached hydrogens (tertiary/aromatic N) is 1.